The Labute approximate surface area is 127 Å². The number of piperidine rings is 1. The molecule has 0 bridgehead atoms. The van der Waals surface area contributed by atoms with E-state index >= 15 is 0 Å². The molecule has 1 aromatic carbocycles. The Balaban J connectivity index is 2.03. The van der Waals surface area contributed by atoms with Crippen molar-refractivity contribution in [2.45, 2.75) is 19.8 Å². The van der Waals surface area contributed by atoms with Crippen molar-refractivity contribution in [2.24, 2.45) is 5.92 Å². The smallest absolute Gasteiger partial charge is 0.310 e. The van der Waals surface area contributed by atoms with Gasteiger partial charge in [0.25, 0.3) is 5.91 Å². The monoisotopic (exact) mass is 339 g/mol. The van der Waals surface area contributed by atoms with E-state index in [-0.39, 0.29) is 17.8 Å². The number of halogens is 1. The molecule has 1 aromatic rings. The molecule has 0 saturated carbocycles. The van der Waals surface area contributed by atoms with Gasteiger partial charge in [0.1, 0.15) is 0 Å². The Morgan fingerprint density at radius 3 is 2.70 bits per heavy atom. The zero-order chi connectivity index (χ0) is 14.5. The first-order chi connectivity index (χ1) is 9.61. The fourth-order valence-electron chi connectivity index (χ4n) is 2.39. The molecule has 1 aliphatic heterocycles. The molecule has 0 N–H and O–H groups in total. The number of hydrogen-bond donors (Lipinski definition) is 0. The molecule has 1 heterocycles. The minimum atomic E-state index is -0.194. The Bertz CT molecular complexity index is 486. The molecule has 108 valence electrons. The van der Waals surface area contributed by atoms with Crippen molar-refractivity contribution in [1.82, 2.24) is 4.90 Å². The summed E-state index contributed by atoms with van der Waals surface area (Å²) < 4.78 is 5.99. The number of hydrogen-bond acceptors (Lipinski definition) is 3. The van der Waals surface area contributed by atoms with Crippen molar-refractivity contribution in [2.75, 3.05) is 19.7 Å². The Kier molecular flexibility index (Phi) is 5.17. The van der Waals surface area contributed by atoms with E-state index in [9.17, 15) is 9.59 Å². The third kappa shape index (κ3) is 3.60. The molecule has 1 aliphatic rings. The molecule has 0 spiro atoms. The zero-order valence-electron chi connectivity index (χ0n) is 11.5. The molecule has 2 rings (SSSR count). The number of benzene rings is 1. The second-order valence-electron chi connectivity index (χ2n) is 4.85. The van der Waals surface area contributed by atoms with Gasteiger partial charge in [-0.2, -0.15) is 0 Å². The minimum absolute atomic E-state index is 0.0218. The quantitative estimate of drug-likeness (QED) is 0.795. The van der Waals surface area contributed by atoms with Crippen molar-refractivity contribution in [3.8, 4) is 0 Å². The first kappa shape index (κ1) is 15.0. The Morgan fingerprint density at radius 2 is 2.05 bits per heavy atom. The predicted octanol–water partition coefficient (Wildman–Crippen LogP) is 2.86. The van der Waals surface area contributed by atoms with Crippen LogP contribution in [0.1, 0.15) is 30.1 Å². The summed E-state index contributed by atoms with van der Waals surface area (Å²) in [7, 11) is 0. The SMILES string of the molecule is CCOC(=O)C1CCCN(C(=O)c2ccc(Br)cc2)C1. The third-order valence-electron chi connectivity index (χ3n) is 3.42. The lowest BCUT2D eigenvalue weighted by atomic mass is 9.97. The number of rotatable bonds is 3. The number of likely N-dealkylation sites (tertiary alicyclic amines) is 1. The summed E-state index contributed by atoms with van der Waals surface area (Å²) in [6.07, 6.45) is 1.63. The predicted molar refractivity (Wildman–Crippen MR) is 79.4 cm³/mol. The van der Waals surface area contributed by atoms with Crippen LogP contribution in [0.5, 0.6) is 0 Å². The van der Waals surface area contributed by atoms with Crippen LogP contribution in [0.15, 0.2) is 28.7 Å². The zero-order valence-corrected chi connectivity index (χ0v) is 13.1. The number of amides is 1. The summed E-state index contributed by atoms with van der Waals surface area (Å²) in [5.74, 6) is -0.407. The second kappa shape index (κ2) is 6.88. The molecule has 1 amide bonds. The topological polar surface area (TPSA) is 46.6 Å². The average molecular weight is 340 g/mol. The second-order valence-corrected chi connectivity index (χ2v) is 5.76. The van der Waals surface area contributed by atoms with Crippen LogP contribution < -0.4 is 0 Å². The molecule has 5 heteroatoms. The van der Waals surface area contributed by atoms with Crippen LogP contribution in [0.25, 0.3) is 0 Å². The van der Waals surface area contributed by atoms with E-state index in [4.69, 9.17) is 4.74 Å². The Hall–Kier alpha value is -1.36. The van der Waals surface area contributed by atoms with Gasteiger partial charge in [0, 0.05) is 23.1 Å². The first-order valence-corrected chi connectivity index (χ1v) is 7.62. The largest absolute Gasteiger partial charge is 0.466 e. The summed E-state index contributed by atoms with van der Waals surface area (Å²) in [5.41, 5.74) is 0.651. The molecule has 0 aromatic heterocycles. The summed E-state index contributed by atoms with van der Waals surface area (Å²) in [6.45, 7) is 3.33. The Morgan fingerprint density at radius 1 is 1.35 bits per heavy atom. The highest BCUT2D eigenvalue weighted by Crippen LogP contribution is 2.20. The van der Waals surface area contributed by atoms with Gasteiger partial charge in [-0.1, -0.05) is 15.9 Å². The van der Waals surface area contributed by atoms with E-state index in [1.54, 1.807) is 24.0 Å². The van der Waals surface area contributed by atoms with Crippen LogP contribution in [0.2, 0.25) is 0 Å². The van der Waals surface area contributed by atoms with Crippen LogP contribution in [-0.4, -0.2) is 36.5 Å². The fourth-order valence-corrected chi connectivity index (χ4v) is 2.65. The van der Waals surface area contributed by atoms with Crippen molar-refractivity contribution >= 4 is 27.8 Å². The summed E-state index contributed by atoms with van der Waals surface area (Å²) in [6, 6.07) is 7.28. The van der Waals surface area contributed by atoms with Gasteiger partial charge in [-0.3, -0.25) is 9.59 Å². The third-order valence-corrected chi connectivity index (χ3v) is 3.95. The highest BCUT2D eigenvalue weighted by Gasteiger charge is 2.29. The van der Waals surface area contributed by atoms with Crippen molar-refractivity contribution in [1.29, 1.82) is 0 Å². The van der Waals surface area contributed by atoms with E-state index in [2.05, 4.69) is 15.9 Å². The maximum Gasteiger partial charge on any atom is 0.310 e. The standard InChI is InChI=1S/C15H18BrNO3/c1-2-20-15(19)12-4-3-9-17(10-12)14(18)11-5-7-13(16)8-6-11/h5-8,12H,2-4,9-10H2,1H3. The van der Waals surface area contributed by atoms with Crippen LogP contribution in [0.4, 0.5) is 0 Å². The minimum Gasteiger partial charge on any atom is -0.466 e. The van der Waals surface area contributed by atoms with Gasteiger partial charge in [0.2, 0.25) is 0 Å². The lowest BCUT2D eigenvalue weighted by Gasteiger charge is -2.31. The molecule has 4 nitrogen and oxygen atoms in total. The fraction of sp³-hybridized carbons (Fsp3) is 0.467. The first-order valence-electron chi connectivity index (χ1n) is 6.83. The van der Waals surface area contributed by atoms with Gasteiger partial charge >= 0.3 is 5.97 Å². The summed E-state index contributed by atoms with van der Waals surface area (Å²) in [5, 5.41) is 0. The molecule has 1 fully saturated rings. The van der Waals surface area contributed by atoms with Crippen LogP contribution >= 0.6 is 15.9 Å². The molecular weight excluding hydrogens is 322 g/mol. The van der Waals surface area contributed by atoms with Crippen LogP contribution in [0, 0.1) is 5.92 Å². The van der Waals surface area contributed by atoms with E-state index in [1.807, 2.05) is 12.1 Å². The highest BCUT2D eigenvalue weighted by molar-refractivity contribution is 9.10. The number of carbonyl (C=O) groups is 2. The number of ether oxygens (including phenoxy) is 1. The van der Waals surface area contributed by atoms with Gasteiger partial charge in [-0.25, -0.2) is 0 Å². The molecular formula is C15H18BrNO3. The van der Waals surface area contributed by atoms with Gasteiger partial charge in [0.05, 0.1) is 12.5 Å². The molecule has 1 saturated heterocycles. The van der Waals surface area contributed by atoms with E-state index in [1.165, 1.54) is 0 Å². The number of esters is 1. The number of carbonyl (C=O) groups excluding carboxylic acids is 2. The van der Waals surface area contributed by atoms with Gasteiger partial charge in [-0.15, -0.1) is 0 Å². The normalized spacial score (nSPS) is 18.7. The van der Waals surface area contributed by atoms with E-state index in [0.29, 0.717) is 25.3 Å². The van der Waals surface area contributed by atoms with Gasteiger partial charge in [-0.05, 0) is 44.0 Å². The maximum atomic E-state index is 12.4. The molecule has 1 unspecified atom stereocenters. The molecule has 1 atom stereocenters. The van der Waals surface area contributed by atoms with E-state index < -0.39 is 0 Å². The molecule has 20 heavy (non-hydrogen) atoms. The molecule has 0 radical (unpaired) electrons. The lowest BCUT2D eigenvalue weighted by Crippen LogP contribution is -2.42. The maximum absolute atomic E-state index is 12.4. The van der Waals surface area contributed by atoms with Crippen molar-refractivity contribution in [3.05, 3.63) is 34.3 Å². The van der Waals surface area contributed by atoms with E-state index in [0.717, 1.165) is 17.3 Å². The number of nitrogens with zero attached hydrogens (tertiary/aromatic N) is 1. The average Bonchev–Trinajstić information content (AvgIpc) is 2.48. The van der Waals surface area contributed by atoms with Gasteiger partial charge < -0.3 is 9.64 Å². The summed E-state index contributed by atoms with van der Waals surface area (Å²) in [4.78, 5) is 25.9. The highest BCUT2D eigenvalue weighted by atomic mass is 79.9. The lowest BCUT2D eigenvalue weighted by molar-refractivity contribution is -0.149. The molecule has 0 aliphatic carbocycles. The summed E-state index contributed by atoms with van der Waals surface area (Å²) >= 11 is 3.35. The van der Waals surface area contributed by atoms with Crippen molar-refractivity contribution in [3.63, 3.8) is 0 Å². The van der Waals surface area contributed by atoms with Crippen molar-refractivity contribution < 1.29 is 14.3 Å². The van der Waals surface area contributed by atoms with Gasteiger partial charge in [0.15, 0.2) is 0 Å². The van der Waals surface area contributed by atoms with Crippen LogP contribution in [-0.2, 0) is 9.53 Å². The van der Waals surface area contributed by atoms with Crippen LogP contribution in [0.3, 0.4) is 0 Å².